The van der Waals surface area contributed by atoms with E-state index in [0.717, 1.165) is 4.47 Å². The van der Waals surface area contributed by atoms with Gasteiger partial charge in [0.1, 0.15) is 5.75 Å². The first-order valence-corrected chi connectivity index (χ1v) is 5.72. The number of aromatic nitrogens is 2. The van der Waals surface area contributed by atoms with Crippen LogP contribution in [0.1, 0.15) is 5.69 Å². The van der Waals surface area contributed by atoms with Gasteiger partial charge < -0.3 is 15.7 Å². The number of oxime groups is 1. The predicted octanol–water partition coefficient (Wildman–Crippen LogP) is 2.13. The van der Waals surface area contributed by atoms with Crippen LogP contribution in [0.15, 0.2) is 46.3 Å². The molecule has 0 amide bonds. The Morgan fingerprint density at radius 2 is 2.11 bits per heavy atom. The van der Waals surface area contributed by atoms with E-state index in [0.29, 0.717) is 5.75 Å². The summed E-state index contributed by atoms with van der Waals surface area (Å²) in [4.78, 5) is 7.95. The molecule has 0 aliphatic rings. The van der Waals surface area contributed by atoms with Crippen LogP contribution < -0.4 is 10.5 Å². The number of halogens is 1. The van der Waals surface area contributed by atoms with Crippen molar-refractivity contribution in [3.05, 3.63) is 46.8 Å². The maximum absolute atomic E-state index is 8.65. The Bertz CT molecular complexity index is 589. The molecule has 1 heterocycles. The zero-order valence-electron chi connectivity index (χ0n) is 9.12. The molecule has 0 aliphatic heterocycles. The van der Waals surface area contributed by atoms with E-state index in [1.165, 1.54) is 12.4 Å². The first-order valence-electron chi connectivity index (χ1n) is 4.93. The van der Waals surface area contributed by atoms with Crippen molar-refractivity contribution in [3.8, 4) is 11.6 Å². The lowest BCUT2D eigenvalue weighted by Gasteiger charge is -2.07. The Kier molecular flexibility index (Phi) is 3.73. The molecule has 0 spiro atoms. The SMILES string of the molecule is NC(=NO)c1nccnc1Oc1cccc(Br)c1. The van der Waals surface area contributed by atoms with Crippen molar-refractivity contribution in [2.75, 3.05) is 0 Å². The number of nitrogens with zero attached hydrogens (tertiary/aromatic N) is 3. The van der Waals surface area contributed by atoms with E-state index in [9.17, 15) is 0 Å². The van der Waals surface area contributed by atoms with E-state index < -0.39 is 0 Å². The van der Waals surface area contributed by atoms with Crippen LogP contribution in [0.2, 0.25) is 0 Å². The molecular formula is C11H9BrN4O2. The average Bonchev–Trinajstić information content (AvgIpc) is 2.38. The van der Waals surface area contributed by atoms with Crippen molar-refractivity contribution in [1.29, 1.82) is 0 Å². The van der Waals surface area contributed by atoms with Crippen LogP contribution >= 0.6 is 15.9 Å². The number of ether oxygens (including phenoxy) is 1. The monoisotopic (exact) mass is 308 g/mol. The summed E-state index contributed by atoms with van der Waals surface area (Å²) in [6.45, 7) is 0. The minimum atomic E-state index is -0.159. The number of hydrogen-bond donors (Lipinski definition) is 2. The van der Waals surface area contributed by atoms with Gasteiger partial charge in [-0.05, 0) is 18.2 Å². The third kappa shape index (κ3) is 2.75. The fourth-order valence-electron chi connectivity index (χ4n) is 1.27. The van der Waals surface area contributed by atoms with E-state index in [1.807, 2.05) is 12.1 Å². The van der Waals surface area contributed by atoms with Crippen LogP contribution in [0.3, 0.4) is 0 Å². The fraction of sp³-hybridized carbons (Fsp3) is 0. The van der Waals surface area contributed by atoms with Gasteiger partial charge in [0.05, 0.1) is 0 Å². The van der Waals surface area contributed by atoms with Crippen LogP contribution in [-0.4, -0.2) is 21.0 Å². The van der Waals surface area contributed by atoms with Crippen molar-refractivity contribution in [2.45, 2.75) is 0 Å². The topological polar surface area (TPSA) is 93.6 Å². The number of amidine groups is 1. The van der Waals surface area contributed by atoms with Crippen molar-refractivity contribution in [2.24, 2.45) is 10.9 Å². The minimum absolute atomic E-state index is 0.159. The van der Waals surface area contributed by atoms with Crippen LogP contribution in [0.25, 0.3) is 0 Å². The summed E-state index contributed by atoms with van der Waals surface area (Å²) in [5, 5.41) is 11.5. The molecule has 0 saturated heterocycles. The van der Waals surface area contributed by atoms with Gasteiger partial charge in [0.15, 0.2) is 11.5 Å². The zero-order valence-corrected chi connectivity index (χ0v) is 10.7. The highest BCUT2D eigenvalue weighted by atomic mass is 79.9. The number of rotatable bonds is 3. The predicted molar refractivity (Wildman–Crippen MR) is 68.8 cm³/mol. The van der Waals surface area contributed by atoms with Crippen LogP contribution in [0, 0.1) is 0 Å². The normalized spacial score (nSPS) is 11.3. The third-order valence-corrected chi connectivity index (χ3v) is 2.52. The van der Waals surface area contributed by atoms with Gasteiger partial charge in [-0.1, -0.05) is 27.2 Å². The van der Waals surface area contributed by atoms with Gasteiger partial charge in [-0.15, -0.1) is 0 Å². The molecule has 1 aromatic carbocycles. The van der Waals surface area contributed by atoms with Crippen molar-refractivity contribution < 1.29 is 9.94 Å². The first-order chi connectivity index (χ1) is 8.70. The summed E-state index contributed by atoms with van der Waals surface area (Å²) in [6, 6.07) is 7.22. The lowest BCUT2D eigenvalue weighted by atomic mass is 10.3. The van der Waals surface area contributed by atoms with Gasteiger partial charge in [-0.2, -0.15) is 0 Å². The van der Waals surface area contributed by atoms with E-state index >= 15 is 0 Å². The number of benzene rings is 1. The van der Waals surface area contributed by atoms with E-state index in [1.54, 1.807) is 12.1 Å². The Morgan fingerprint density at radius 3 is 2.83 bits per heavy atom. The summed E-state index contributed by atoms with van der Waals surface area (Å²) in [6.07, 6.45) is 2.89. The van der Waals surface area contributed by atoms with Crippen molar-refractivity contribution in [3.63, 3.8) is 0 Å². The molecule has 18 heavy (non-hydrogen) atoms. The van der Waals surface area contributed by atoms with Crippen molar-refractivity contribution in [1.82, 2.24) is 9.97 Å². The quantitative estimate of drug-likeness (QED) is 0.392. The second kappa shape index (κ2) is 5.46. The summed E-state index contributed by atoms with van der Waals surface area (Å²) >= 11 is 3.33. The second-order valence-corrected chi connectivity index (χ2v) is 4.17. The maximum Gasteiger partial charge on any atom is 0.249 e. The van der Waals surface area contributed by atoms with Gasteiger partial charge >= 0.3 is 0 Å². The summed E-state index contributed by atoms with van der Waals surface area (Å²) in [5.74, 6) is 0.580. The van der Waals surface area contributed by atoms with Crippen LogP contribution in [0.4, 0.5) is 0 Å². The van der Waals surface area contributed by atoms with E-state index in [4.69, 9.17) is 15.7 Å². The Labute approximate surface area is 111 Å². The summed E-state index contributed by atoms with van der Waals surface area (Å²) < 4.78 is 6.41. The molecule has 0 unspecified atom stereocenters. The van der Waals surface area contributed by atoms with Gasteiger partial charge in [0.2, 0.25) is 5.88 Å². The highest BCUT2D eigenvalue weighted by molar-refractivity contribution is 9.10. The molecule has 0 bridgehead atoms. The zero-order chi connectivity index (χ0) is 13.0. The van der Waals surface area contributed by atoms with Gasteiger partial charge in [-0.25, -0.2) is 9.97 Å². The molecule has 0 saturated carbocycles. The molecule has 2 aromatic rings. The second-order valence-electron chi connectivity index (χ2n) is 3.25. The van der Waals surface area contributed by atoms with Crippen LogP contribution in [0.5, 0.6) is 11.6 Å². The molecule has 1 aromatic heterocycles. The van der Waals surface area contributed by atoms with Gasteiger partial charge in [0.25, 0.3) is 0 Å². The molecule has 0 atom stereocenters. The number of hydrogen-bond acceptors (Lipinski definition) is 5. The summed E-state index contributed by atoms with van der Waals surface area (Å²) in [5.41, 5.74) is 5.67. The summed E-state index contributed by atoms with van der Waals surface area (Å²) in [7, 11) is 0. The van der Waals surface area contributed by atoms with E-state index in [-0.39, 0.29) is 17.4 Å². The molecule has 3 N–H and O–H groups in total. The molecule has 7 heteroatoms. The highest BCUT2D eigenvalue weighted by Crippen LogP contribution is 2.24. The maximum atomic E-state index is 8.65. The Hall–Kier alpha value is -2.15. The molecule has 0 radical (unpaired) electrons. The first kappa shape index (κ1) is 12.3. The average molecular weight is 309 g/mol. The smallest absolute Gasteiger partial charge is 0.249 e. The highest BCUT2D eigenvalue weighted by Gasteiger charge is 2.12. The Balaban J connectivity index is 2.35. The molecule has 0 fully saturated rings. The number of nitrogens with two attached hydrogens (primary N) is 1. The largest absolute Gasteiger partial charge is 0.437 e. The fourth-order valence-corrected chi connectivity index (χ4v) is 1.64. The Morgan fingerprint density at radius 1 is 1.33 bits per heavy atom. The lowest BCUT2D eigenvalue weighted by molar-refractivity contribution is 0.318. The third-order valence-electron chi connectivity index (χ3n) is 2.03. The molecule has 2 rings (SSSR count). The lowest BCUT2D eigenvalue weighted by Crippen LogP contribution is -2.16. The molecule has 6 nitrogen and oxygen atoms in total. The van der Waals surface area contributed by atoms with E-state index in [2.05, 4.69) is 31.1 Å². The molecular weight excluding hydrogens is 300 g/mol. The van der Waals surface area contributed by atoms with Gasteiger partial charge in [-0.3, -0.25) is 0 Å². The van der Waals surface area contributed by atoms with Gasteiger partial charge in [0, 0.05) is 16.9 Å². The molecule has 92 valence electrons. The standard InChI is InChI=1S/C11H9BrN4O2/c12-7-2-1-3-8(6-7)18-11-9(10(13)16-17)14-4-5-15-11/h1-6,17H,(H2,13,16). The molecule has 0 aliphatic carbocycles. The van der Waals surface area contributed by atoms with Crippen molar-refractivity contribution >= 4 is 21.8 Å². The minimum Gasteiger partial charge on any atom is -0.437 e. The van der Waals surface area contributed by atoms with Crippen LogP contribution in [-0.2, 0) is 0 Å².